The third kappa shape index (κ3) is 3.21. The van der Waals surface area contributed by atoms with E-state index in [1.807, 2.05) is 12.3 Å². The van der Waals surface area contributed by atoms with Crippen LogP contribution in [-0.4, -0.2) is 17.6 Å². The summed E-state index contributed by atoms with van der Waals surface area (Å²) in [5.41, 5.74) is 3.81. The van der Waals surface area contributed by atoms with Crippen LogP contribution in [0, 0.1) is 0 Å². The average Bonchev–Trinajstić information content (AvgIpc) is 2.84. The maximum Gasteiger partial charge on any atom is 0.0453 e. The zero-order chi connectivity index (χ0) is 12.1. The molecule has 2 aromatic rings. The highest BCUT2D eigenvalue weighted by Crippen LogP contribution is 2.17. The van der Waals surface area contributed by atoms with Gasteiger partial charge in [-0.05, 0) is 43.1 Å². The van der Waals surface area contributed by atoms with Crippen molar-refractivity contribution >= 4 is 0 Å². The fourth-order valence-corrected chi connectivity index (χ4v) is 2.10. The van der Waals surface area contributed by atoms with Crippen LogP contribution in [-0.2, 0) is 6.42 Å². The van der Waals surface area contributed by atoms with E-state index in [0.29, 0.717) is 6.04 Å². The molecule has 0 bridgehead atoms. The lowest BCUT2D eigenvalue weighted by atomic mass is 10.0. The lowest BCUT2D eigenvalue weighted by molar-refractivity contribution is 0.565. The highest BCUT2D eigenvalue weighted by atomic mass is 14.9. The molecule has 0 fully saturated rings. The molecule has 0 saturated carbocycles. The van der Waals surface area contributed by atoms with Crippen molar-refractivity contribution in [3.05, 3.63) is 48.2 Å². The molecule has 1 heterocycles. The van der Waals surface area contributed by atoms with Crippen LogP contribution in [0.15, 0.2) is 42.6 Å². The minimum absolute atomic E-state index is 0.538. The zero-order valence-corrected chi connectivity index (χ0v) is 10.5. The van der Waals surface area contributed by atoms with E-state index in [4.69, 9.17) is 0 Å². The normalized spacial score (nSPS) is 12.6. The van der Waals surface area contributed by atoms with Gasteiger partial charge in [0.15, 0.2) is 0 Å². The quantitative estimate of drug-likeness (QED) is 0.808. The van der Waals surface area contributed by atoms with Crippen molar-refractivity contribution < 1.29 is 0 Å². The molecule has 1 aromatic carbocycles. The fraction of sp³-hybridized carbons (Fsp3) is 0.333. The van der Waals surface area contributed by atoms with Gasteiger partial charge in [-0.2, -0.15) is 0 Å². The summed E-state index contributed by atoms with van der Waals surface area (Å²) in [5.74, 6) is 0. The molecule has 0 saturated heterocycles. The van der Waals surface area contributed by atoms with Crippen LogP contribution in [0.2, 0.25) is 0 Å². The molecular formula is C15H20N2. The van der Waals surface area contributed by atoms with Crippen LogP contribution in [0.25, 0.3) is 11.3 Å². The first-order valence-electron chi connectivity index (χ1n) is 6.25. The molecule has 0 radical (unpaired) electrons. The lowest BCUT2D eigenvalue weighted by Crippen LogP contribution is -2.27. The molecule has 0 amide bonds. The van der Waals surface area contributed by atoms with E-state index in [-0.39, 0.29) is 0 Å². The van der Waals surface area contributed by atoms with Gasteiger partial charge in [0.2, 0.25) is 0 Å². The first-order chi connectivity index (χ1) is 8.29. The number of hydrogen-bond acceptors (Lipinski definition) is 1. The standard InChI is InChI=1S/C15H20N2/c1-3-16-12(2)11-13-6-8-14(9-7-13)15-5-4-10-17-15/h4-10,12,16-17H,3,11H2,1-2H3. The molecule has 0 aliphatic rings. The van der Waals surface area contributed by atoms with Crippen molar-refractivity contribution in [3.8, 4) is 11.3 Å². The smallest absolute Gasteiger partial charge is 0.0453 e. The first-order valence-corrected chi connectivity index (χ1v) is 6.25. The third-order valence-electron chi connectivity index (χ3n) is 2.96. The molecule has 2 N–H and O–H groups in total. The number of H-pyrrole nitrogens is 1. The van der Waals surface area contributed by atoms with Crippen LogP contribution in [0.3, 0.4) is 0 Å². The summed E-state index contributed by atoms with van der Waals surface area (Å²) in [6.45, 7) is 5.40. The molecule has 0 aliphatic carbocycles. The molecular weight excluding hydrogens is 208 g/mol. The Morgan fingerprint density at radius 1 is 1.18 bits per heavy atom. The van der Waals surface area contributed by atoms with Crippen molar-refractivity contribution in [1.82, 2.24) is 10.3 Å². The molecule has 0 spiro atoms. The Labute approximate surface area is 103 Å². The van der Waals surface area contributed by atoms with Gasteiger partial charge >= 0.3 is 0 Å². The summed E-state index contributed by atoms with van der Waals surface area (Å²) in [5, 5.41) is 3.43. The third-order valence-corrected chi connectivity index (χ3v) is 2.96. The van der Waals surface area contributed by atoms with Gasteiger partial charge in [-0.1, -0.05) is 31.2 Å². The summed E-state index contributed by atoms with van der Waals surface area (Å²) in [4.78, 5) is 3.22. The number of hydrogen-bond donors (Lipinski definition) is 2. The van der Waals surface area contributed by atoms with Gasteiger partial charge in [0, 0.05) is 17.9 Å². The van der Waals surface area contributed by atoms with E-state index in [0.717, 1.165) is 13.0 Å². The molecule has 2 nitrogen and oxygen atoms in total. The van der Waals surface area contributed by atoms with Crippen LogP contribution in [0.5, 0.6) is 0 Å². The molecule has 2 heteroatoms. The molecule has 1 aromatic heterocycles. The maximum absolute atomic E-state index is 3.43. The van der Waals surface area contributed by atoms with Crippen LogP contribution in [0.1, 0.15) is 19.4 Å². The van der Waals surface area contributed by atoms with E-state index in [1.54, 1.807) is 0 Å². The molecule has 0 aliphatic heterocycles. The van der Waals surface area contributed by atoms with Gasteiger partial charge in [-0.25, -0.2) is 0 Å². The highest BCUT2D eigenvalue weighted by Gasteiger charge is 2.02. The minimum atomic E-state index is 0.538. The molecule has 1 unspecified atom stereocenters. The monoisotopic (exact) mass is 228 g/mol. The fourth-order valence-electron chi connectivity index (χ4n) is 2.10. The number of aromatic amines is 1. The van der Waals surface area contributed by atoms with E-state index in [9.17, 15) is 0 Å². The van der Waals surface area contributed by atoms with E-state index in [2.05, 4.69) is 54.5 Å². The van der Waals surface area contributed by atoms with Gasteiger partial charge < -0.3 is 10.3 Å². The Morgan fingerprint density at radius 2 is 1.94 bits per heavy atom. The Balaban J connectivity index is 2.03. The van der Waals surface area contributed by atoms with E-state index < -0.39 is 0 Å². The summed E-state index contributed by atoms with van der Waals surface area (Å²) in [6.07, 6.45) is 3.04. The van der Waals surface area contributed by atoms with Crippen LogP contribution >= 0.6 is 0 Å². The Morgan fingerprint density at radius 3 is 2.53 bits per heavy atom. The number of nitrogens with one attached hydrogen (secondary N) is 2. The molecule has 2 rings (SSSR count). The second kappa shape index (κ2) is 5.69. The van der Waals surface area contributed by atoms with E-state index >= 15 is 0 Å². The van der Waals surface area contributed by atoms with Crippen molar-refractivity contribution in [2.75, 3.05) is 6.54 Å². The minimum Gasteiger partial charge on any atom is -0.361 e. The lowest BCUT2D eigenvalue weighted by Gasteiger charge is -2.12. The second-order valence-electron chi connectivity index (χ2n) is 4.44. The van der Waals surface area contributed by atoms with Gasteiger partial charge in [-0.3, -0.25) is 0 Å². The van der Waals surface area contributed by atoms with Crippen molar-refractivity contribution in [3.63, 3.8) is 0 Å². The van der Waals surface area contributed by atoms with Crippen molar-refractivity contribution in [2.45, 2.75) is 26.3 Å². The number of aromatic nitrogens is 1. The van der Waals surface area contributed by atoms with Crippen molar-refractivity contribution in [1.29, 1.82) is 0 Å². The summed E-state index contributed by atoms with van der Waals surface area (Å²) < 4.78 is 0. The van der Waals surface area contributed by atoms with Gasteiger partial charge in [-0.15, -0.1) is 0 Å². The van der Waals surface area contributed by atoms with Crippen molar-refractivity contribution in [2.24, 2.45) is 0 Å². The molecule has 90 valence electrons. The number of benzene rings is 1. The zero-order valence-electron chi connectivity index (χ0n) is 10.5. The average molecular weight is 228 g/mol. The Hall–Kier alpha value is -1.54. The summed E-state index contributed by atoms with van der Waals surface area (Å²) in [7, 11) is 0. The van der Waals surface area contributed by atoms with Gasteiger partial charge in [0.05, 0.1) is 0 Å². The van der Waals surface area contributed by atoms with Gasteiger partial charge in [0.1, 0.15) is 0 Å². The van der Waals surface area contributed by atoms with Crippen LogP contribution < -0.4 is 5.32 Å². The predicted octanol–water partition coefficient (Wildman–Crippen LogP) is 3.22. The maximum atomic E-state index is 3.43. The highest BCUT2D eigenvalue weighted by molar-refractivity contribution is 5.59. The first kappa shape index (κ1) is 11.9. The topological polar surface area (TPSA) is 27.8 Å². The molecule has 17 heavy (non-hydrogen) atoms. The summed E-state index contributed by atoms with van der Waals surface area (Å²) >= 11 is 0. The van der Waals surface area contributed by atoms with Crippen LogP contribution in [0.4, 0.5) is 0 Å². The summed E-state index contributed by atoms with van der Waals surface area (Å²) in [6, 6.07) is 13.4. The number of rotatable bonds is 5. The van der Waals surface area contributed by atoms with Gasteiger partial charge in [0.25, 0.3) is 0 Å². The Kier molecular flexibility index (Phi) is 3.99. The van der Waals surface area contributed by atoms with E-state index in [1.165, 1.54) is 16.8 Å². The largest absolute Gasteiger partial charge is 0.361 e. The number of likely N-dealkylation sites (N-methyl/N-ethyl adjacent to an activating group) is 1. The Bertz CT molecular complexity index is 428. The second-order valence-corrected chi connectivity index (χ2v) is 4.44. The molecule has 1 atom stereocenters. The SMILES string of the molecule is CCNC(C)Cc1ccc(-c2ccc[nH]2)cc1. The predicted molar refractivity (Wildman–Crippen MR) is 73.1 cm³/mol.